The second kappa shape index (κ2) is 41.1. The largest absolute Gasteiger partial charge is 0.483 e. The molecule has 140 heavy (non-hydrogen) atoms. The van der Waals surface area contributed by atoms with E-state index in [4.69, 9.17) is 57.9 Å². The van der Waals surface area contributed by atoms with Crippen molar-refractivity contribution in [2.75, 3.05) is 73.6 Å². The third-order valence-corrected chi connectivity index (χ3v) is 23.3. The maximum Gasteiger partial charge on any atom is 0.291 e. The number of aromatic nitrogens is 20. The number of H-pyrrole nitrogens is 4. The lowest BCUT2D eigenvalue weighted by atomic mass is 9.92. The molecule has 6 fully saturated rings. The fraction of sp³-hybridized carbons (Fsp3) is 0.271. The van der Waals surface area contributed by atoms with Gasteiger partial charge >= 0.3 is 0 Å². The van der Waals surface area contributed by atoms with Gasteiger partial charge in [0.1, 0.15) is 45.8 Å². The average Bonchev–Trinajstić information content (AvgIpc) is 1.67. The molecule has 10 N–H and O–H groups in total. The zero-order valence-electron chi connectivity index (χ0n) is 76.4. The highest BCUT2D eigenvalue weighted by atomic mass is 16.4. The molecule has 2 saturated carbocycles. The van der Waals surface area contributed by atoms with Crippen LogP contribution in [0, 0.1) is 22.7 Å². The molecule has 0 aromatic carbocycles. The summed E-state index contributed by atoms with van der Waals surface area (Å²) in [6.45, 7) is 15.7. The molecule has 4 aliphatic heterocycles. The lowest BCUT2D eigenvalue weighted by Gasteiger charge is -2.42. The molecule has 20 heterocycles. The fourth-order valence-corrected chi connectivity index (χ4v) is 15.5. The quantitative estimate of drug-likeness (QED) is 0.0282. The number of likely N-dealkylation sites (tertiary alicyclic amines) is 4. The Bertz CT molecular complexity index is 6580. The van der Waals surface area contributed by atoms with Crippen molar-refractivity contribution in [1.29, 1.82) is 0 Å². The maximum atomic E-state index is 13.0. The topological polar surface area (TPSA) is 562 Å². The SMILES string of the molecule is CC(C)(C)C(=O)N1CC(n2cc(NC(=O)c3ccc(-c4cn[nH]c4)o3)c(-c3ccccn3)n2)C1.CC(C)(C)C(=O)N1CC(n2cc(NC(=O)c3ccc(-c4cn[nH]c4)o3)c(-c3ccccn3)n2)C1.O=C(Nc1cn(C2CN(C(=O)C3CC3)C2)nc1-c1ccccn1)c1ccc(-c2cn[nH]c2)o1.O=C(Nc1cn(C2CN(C(=O)C3CC3)C2)nc1-c1ccccn1)c1ccc(-c2cn[nH]c2)o1.O=CO.O=CO. The van der Waals surface area contributed by atoms with E-state index in [0.29, 0.717) is 144 Å². The highest BCUT2D eigenvalue weighted by Gasteiger charge is 2.44. The van der Waals surface area contributed by atoms with E-state index in [1.54, 1.807) is 157 Å². The number of pyridine rings is 4. The van der Waals surface area contributed by atoms with Crippen molar-refractivity contribution < 1.29 is 75.8 Å². The number of rotatable bonds is 22. The van der Waals surface area contributed by atoms with Crippen molar-refractivity contribution in [2.24, 2.45) is 22.7 Å². The Morgan fingerprint density at radius 3 is 0.764 bits per heavy atom. The molecule has 4 saturated heterocycles. The summed E-state index contributed by atoms with van der Waals surface area (Å²) in [5, 5.41) is 70.7. The van der Waals surface area contributed by atoms with Gasteiger partial charge in [0.25, 0.3) is 36.6 Å². The predicted molar refractivity (Wildman–Crippen MR) is 503 cm³/mol. The lowest BCUT2D eigenvalue weighted by molar-refractivity contribution is -0.146. The minimum absolute atomic E-state index is 0.0238. The van der Waals surface area contributed by atoms with Crippen LogP contribution in [0.1, 0.15) is 134 Å². The molecule has 0 unspecified atom stereocenters. The standard InChI is InChI=1S/2C24H25N7O3.2C23H21N7O3.2CH2O2/c2*1-24(2,3)23(33)30-12-16(13-30)31-14-18(21(29-31)17-6-4-5-9-25-17)28-22(32)20-8-7-19(34-20)15-10-26-27-11-15;2*31-22(20-7-6-19(33-20)15-9-25-26-10-15)27-18-13-30(28-21(18)17-3-1-2-8-24-17)16-11-29(12-16)23(32)14-4-5-14;2*2-1-3/h2*4-11,14,16H,12-13H2,1-3H3,(H,26,27)(H,28,32);2*1-3,6-10,13-14,16H,4-5,11-12H2,(H,25,26)(H,27,31);2*1H,(H,2,3). The van der Waals surface area contributed by atoms with Gasteiger partial charge < -0.3 is 68.7 Å². The number of aromatic amines is 4. The van der Waals surface area contributed by atoms with Gasteiger partial charge in [-0.05, 0) is 123 Å². The number of carbonyl (C=O) groups excluding carboxylic acids is 8. The normalized spacial score (nSPS) is 14.6. The predicted octanol–water partition coefficient (Wildman–Crippen LogP) is 12.6. The van der Waals surface area contributed by atoms with E-state index in [-0.39, 0.29) is 107 Å². The van der Waals surface area contributed by atoms with Gasteiger partial charge in [0.15, 0.2) is 23.0 Å². The number of hydrogen-bond donors (Lipinski definition) is 10. The number of carbonyl (C=O) groups is 10. The van der Waals surface area contributed by atoms with Crippen LogP contribution in [-0.4, -0.2) is 242 Å². The Morgan fingerprint density at radius 1 is 0.343 bits per heavy atom. The molecule has 44 heteroatoms. The van der Waals surface area contributed by atoms with Crippen molar-refractivity contribution in [3.05, 3.63) is 244 Å². The smallest absolute Gasteiger partial charge is 0.291 e. The van der Waals surface area contributed by atoms with E-state index in [1.807, 2.05) is 143 Å². The van der Waals surface area contributed by atoms with Crippen LogP contribution < -0.4 is 21.3 Å². The first-order valence-electron chi connectivity index (χ1n) is 44.7. The van der Waals surface area contributed by atoms with E-state index in [1.165, 1.54) is 0 Å². The van der Waals surface area contributed by atoms with Gasteiger partial charge in [-0.2, -0.15) is 40.8 Å². The average molecular weight is 1900 g/mol. The van der Waals surface area contributed by atoms with Crippen molar-refractivity contribution in [1.82, 2.24) is 119 Å². The monoisotopic (exact) mass is 1900 g/mol. The zero-order valence-corrected chi connectivity index (χ0v) is 76.4. The van der Waals surface area contributed by atoms with E-state index in [9.17, 15) is 38.4 Å². The first-order chi connectivity index (χ1) is 67.7. The highest BCUT2D eigenvalue weighted by molar-refractivity contribution is 6.07. The van der Waals surface area contributed by atoms with Crippen molar-refractivity contribution >= 4 is 83.0 Å². The molecule has 0 bridgehead atoms. The van der Waals surface area contributed by atoms with Crippen molar-refractivity contribution in [3.8, 4) is 90.8 Å². The van der Waals surface area contributed by atoms with E-state index >= 15 is 0 Å². The van der Waals surface area contributed by atoms with Crippen LogP contribution in [0.2, 0.25) is 0 Å². The summed E-state index contributed by atoms with van der Waals surface area (Å²) in [6, 6.07) is 35.7. The number of anilines is 4. The molecule has 0 atom stereocenters. The number of hydrogen-bond acceptors (Lipinski definition) is 26. The number of furan rings is 4. The number of carboxylic acid groups (broad SMARTS) is 2. The molecule has 16 aromatic heterocycles. The van der Waals surface area contributed by atoms with Gasteiger partial charge in [0.2, 0.25) is 23.6 Å². The van der Waals surface area contributed by atoms with Gasteiger partial charge in [-0.1, -0.05) is 65.8 Å². The van der Waals surface area contributed by atoms with Crippen LogP contribution in [0.4, 0.5) is 22.7 Å². The van der Waals surface area contributed by atoms with Crippen molar-refractivity contribution in [2.45, 2.75) is 91.4 Å². The third kappa shape index (κ3) is 21.7. The molecule has 0 spiro atoms. The second-order valence-electron chi connectivity index (χ2n) is 35.5. The molecule has 6 aliphatic rings. The molecule has 44 nitrogen and oxygen atoms in total. The summed E-state index contributed by atoms with van der Waals surface area (Å²) in [5.41, 5.74) is 9.08. The van der Waals surface area contributed by atoms with Crippen LogP contribution >= 0.6 is 0 Å². The molecule has 2 aliphatic carbocycles. The Hall–Kier alpha value is -17.9. The lowest BCUT2D eigenvalue weighted by Crippen LogP contribution is -2.54. The fourth-order valence-electron chi connectivity index (χ4n) is 15.5. The molecular formula is C96H96N28O16. The van der Waals surface area contributed by atoms with Crippen LogP contribution in [0.25, 0.3) is 90.8 Å². The van der Waals surface area contributed by atoms with E-state index in [2.05, 4.69) is 82.0 Å². The number of nitrogens with zero attached hydrogens (tertiary/aromatic N) is 20. The summed E-state index contributed by atoms with van der Waals surface area (Å²) in [5.74, 6) is 2.41. The Kier molecular flexibility index (Phi) is 27.6. The van der Waals surface area contributed by atoms with Gasteiger partial charge in [-0.15, -0.1) is 0 Å². The Balaban J connectivity index is 0.000000126. The molecule has 8 amide bonds. The van der Waals surface area contributed by atoms with Crippen LogP contribution in [0.15, 0.2) is 238 Å². The molecule has 716 valence electrons. The Labute approximate surface area is 796 Å². The Morgan fingerprint density at radius 2 is 0.571 bits per heavy atom. The van der Waals surface area contributed by atoms with Gasteiger partial charge in [-0.3, -0.25) is 107 Å². The molecule has 16 aromatic rings. The van der Waals surface area contributed by atoms with E-state index < -0.39 is 22.6 Å². The number of amides is 8. The molecule has 0 radical (unpaired) electrons. The minimum atomic E-state index is -0.425. The summed E-state index contributed by atoms with van der Waals surface area (Å²) < 4.78 is 30.0. The highest BCUT2D eigenvalue weighted by Crippen LogP contribution is 2.41. The number of nitrogens with one attached hydrogen (secondary N) is 8. The molecular weight excluding hydrogens is 1800 g/mol. The van der Waals surface area contributed by atoms with Crippen LogP contribution in [-0.2, 0) is 28.8 Å². The third-order valence-electron chi connectivity index (χ3n) is 23.3. The summed E-state index contributed by atoms with van der Waals surface area (Å²) in [4.78, 5) is 143. The van der Waals surface area contributed by atoms with Gasteiger partial charge in [0.05, 0.1) is 117 Å². The van der Waals surface area contributed by atoms with Crippen molar-refractivity contribution in [3.63, 3.8) is 0 Å². The summed E-state index contributed by atoms with van der Waals surface area (Å²) >= 11 is 0. The first-order valence-corrected chi connectivity index (χ1v) is 44.7. The zero-order chi connectivity index (χ0) is 97.9. The van der Waals surface area contributed by atoms with Gasteiger partial charge in [0, 0.05) is 149 Å². The maximum absolute atomic E-state index is 13.0. The molecule has 22 rings (SSSR count). The van der Waals surface area contributed by atoms with Gasteiger partial charge in [-0.25, -0.2) is 0 Å². The summed E-state index contributed by atoms with van der Waals surface area (Å²) in [6.07, 6.45) is 31.1. The van der Waals surface area contributed by atoms with E-state index in [0.717, 1.165) is 47.9 Å². The summed E-state index contributed by atoms with van der Waals surface area (Å²) in [7, 11) is 0. The van der Waals surface area contributed by atoms with Crippen LogP contribution in [0.5, 0.6) is 0 Å². The van der Waals surface area contributed by atoms with Crippen LogP contribution in [0.3, 0.4) is 0 Å². The first kappa shape index (κ1) is 93.9. The second-order valence-corrected chi connectivity index (χ2v) is 35.5. The minimum Gasteiger partial charge on any atom is -0.483 e.